The lowest BCUT2D eigenvalue weighted by molar-refractivity contribution is 0.0951. The molecular formula is C25H28N6O. The monoisotopic (exact) mass is 428 g/mol. The summed E-state index contributed by atoms with van der Waals surface area (Å²) in [4.78, 5) is 22.4. The number of para-hydroxylation sites is 2. The number of carbonyl (C=O) groups is 1. The largest absolute Gasteiger partial charge is 0.383 e. The molecule has 7 nitrogen and oxygen atoms in total. The summed E-state index contributed by atoms with van der Waals surface area (Å²) >= 11 is 0. The summed E-state index contributed by atoms with van der Waals surface area (Å²) in [5.74, 6) is 0.709. The zero-order valence-electron chi connectivity index (χ0n) is 18.8. The van der Waals surface area contributed by atoms with Crippen LogP contribution in [0.5, 0.6) is 0 Å². The zero-order valence-corrected chi connectivity index (χ0v) is 18.8. The lowest BCUT2D eigenvalue weighted by Crippen LogP contribution is -2.28. The van der Waals surface area contributed by atoms with Crippen molar-refractivity contribution in [2.75, 3.05) is 12.3 Å². The number of nitrogens with zero attached hydrogens (tertiary/aromatic N) is 4. The third-order valence-corrected chi connectivity index (χ3v) is 5.30. The number of nitrogen functional groups attached to an aromatic ring is 1. The molecule has 3 N–H and O–H groups in total. The molecule has 1 amide bonds. The van der Waals surface area contributed by atoms with Crippen LogP contribution in [0.3, 0.4) is 0 Å². The molecule has 0 aliphatic rings. The van der Waals surface area contributed by atoms with Crippen molar-refractivity contribution in [1.29, 1.82) is 0 Å². The summed E-state index contributed by atoms with van der Waals surface area (Å²) < 4.78 is 1.50. The molecule has 0 spiro atoms. The van der Waals surface area contributed by atoms with Crippen molar-refractivity contribution in [2.45, 2.75) is 33.6 Å². The molecule has 2 heterocycles. The third-order valence-electron chi connectivity index (χ3n) is 5.30. The van der Waals surface area contributed by atoms with E-state index in [0.29, 0.717) is 46.1 Å². The molecule has 0 saturated carbocycles. The van der Waals surface area contributed by atoms with Crippen LogP contribution in [0.25, 0.3) is 22.2 Å². The maximum absolute atomic E-state index is 13.0. The number of aromatic nitrogens is 3. The van der Waals surface area contributed by atoms with Crippen LogP contribution in [0.2, 0.25) is 0 Å². The topological polar surface area (TPSA) is 98.2 Å². The highest BCUT2D eigenvalue weighted by atomic mass is 16.1. The Hall–Kier alpha value is -3.74. The van der Waals surface area contributed by atoms with E-state index in [1.165, 1.54) is 10.2 Å². The Balaban J connectivity index is 1.82. The number of nitrogens with two attached hydrogens (primary N) is 1. The predicted molar refractivity (Wildman–Crippen MR) is 130 cm³/mol. The zero-order chi connectivity index (χ0) is 22.8. The fraction of sp³-hybridized carbons (Fsp3) is 0.280. The van der Waals surface area contributed by atoms with Gasteiger partial charge in [0, 0.05) is 6.54 Å². The van der Waals surface area contributed by atoms with Gasteiger partial charge >= 0.3 is 0 Å². The molecule has 0 fully saturated rings. The van der Waals surface area contributed by atoms with Crippen molar-refractivity contribution in [3.8, 4) is 0 Å². The van der Waals surface area contributed by atoms with Gasteiger partial charge in [-0.25, -0.2) is 9.97 Å². The van der Waals surface area contributed by atoms with E-state index in [-0.39, 0.29) is 11.7 Å². The molecule has 4 rings (SSSR count). The molecular weight excluding hydrogens is 400 g/mol. The second-order valence-corrected chi connectivity index (χ2v) is 8.63. The van der Waals surface area contributed by atoms with E-state index >= 15 is 0 Å². The first-order valence-electron chi connectivity index (χ1n) is 10.8. The summed E-state index contributed by atoms with van der Waals surface area (Å²) in [6.45, 7) is 8.93. The predicted octanol–water partition coefficient (Wildman–Crippen LogP) is 4.56. The maximum Gasteiger partial charge on any atom is 0.257 e. The molecule has 0 atom stereocenters. The SMILES string of the molecule is CC(C)CNC(=O)c1c(N)n(N=Cc2ccc(C(C)C)cc2)c2nc3ccccc3nc12. The molecule has 2 aromatic carbocycles. The van der Waals surface area contributed by atoms with Gasteiger partial charge in [-0.05, 0) is 35.1 Å². The van der Waals surface area contributed by atoms with Gasteiger partial charge < -0.3 is 11.1 Å². The van der Waals surface area contributed by atoms with E-state index in [0.717, 1.165) is 5.56 Å². The Kier molecular flexibility index (Phi) is 5.90. The first-order chi connectivity index (χ1) is 15.3. The van der Waals surface area contributed by atoms with E-state index in [1.54, 1.807) is 6.21 Å². The minimum atomic E-state index is -0.277. The lowest BCUT2D eigenvalue weighted by atomic mass is 10.0. The number of amides is 1. The highest BCUT2D eigenvalue weighted by Gasteiger charge is 2.24. The first kappa shape index (κ1) is 21.5. The van der Waals surface area contributed by atoms with Gasteiger partial charge in [0.25, 0.3) is 5.91 Å². The highest BCUT2D eigenvalue weighted by molar-refractivity contribution is 6.10. The van der Waals surface area contributed by atoms with E-state index < -0.39 is 0 Å². The van der Waals surface area contributed by atoms with E-state index in [2.05, 4.69) is 36.4 Å². The summed E-state index contributed by atoms with van der Waals surface area (Å²) in [5.41, 5.74) is 11.2. The summed E-state index contributed by atoms with van der Waals surface area (Å²) in [7, 11) is 0. The van der Waals surface area contributed by atoms with E-state index in [9.17, 15) is 4.79 Å². The Morgan fingerprint density at radius 2 is 1.72 bits per heavy atom. The number of anilines is 1. The van der Waals surface area contributed by atoms with Gasteiger partial charge in [-0.2, -0.15) is 9.78 Å². The summed E-state index contributed by atoms with van der Waals surface area (Å²) in [6, 6.07) is 15.7. The van der Waals surface area contributed by atoms with Crippen molar-refractivity contribution >= 4 is 40.1 Å². The van der Waals surface area contributed by atoms with Crippen LogP contribution in [0.4, 0.5) is 5.82 Å². The first-order valence-corrected chi connectivity index (χ1v) is 10.8. The van der Waals surface area contributed by atoms with Crippen LogP contribution in [0, 0.1) is 5.92 Å². The number of benzene rings is 2. The van der Waals surface area contributed by atoms with E-state index in [4.69, 9.17) is 15.7 Å². The second kappa shape index (κ2) is 8.78. The maximum atomic E-state index is 13.0. The normalized spacial score (nSPS) is 11.9. The number of hydrogen-bond acceptors (Lipinski definition) is 5. The van der Waals surface area contributed by atoms with Crippen LogP contribution in [-0.4, -0.2) is 33.3 Å². The van der Waals surface area contributed by atoms with Crippen LogP contribution >= 0.6 is 0 Å². The summed E-state index contributed by atoms with van der Waals surface area (Å²) in [5, 5.41) is 7.50. The Bertz CT molecular complexity index is 1300. The standard InChI is InChI=1S/C25H28N6O/c1-15(2)13-27-25(32)21-22-24(30-20-8-6-5-7-19(20)29-22)31(23(21)26)28-14-17-9-11-18(12-10-17)16(3)4/h5-12,14-16H,13,26H2,1-4H3,(H,27,32). The number of rotatable bonds is 6. The van der Waals surface area contributed by atoms with Crippen molar-refractivity contribution in [2.24, 2.45) is 11.0 Å². The molecule has 7 heteroatoms. The van der Waals surface area contributed by atoms with Gasteiger partial charge in [0.15, 0.2) is 5.65 Å². The van der Waals surface area contributed by atoms with Gasteiger partial charge in [0.05, 0.1) is 17.2 Å². The van der Waals surface area contributed by atoms with Crippen molar-refractivity contribution in [3.63, 3.8) is 0 Å². The molecule has 2 aromatic heterocycles. The minimum absolute atomic E-state index is 0.214. The summed E-state index contributed by atoms with van der Waals surface area (Å²) in [6.07, 6.45) is 1.71. The Labute approximate surface area is 187 Å². The van der Waals surface area contributed by atoms with E-state index in [1.807, 2.05) is 50.2 Å². The highest BCUT2D eigenvalue weighted by Crippen LogP contribution is 2.28. The molecule has 0 radical (unpaired) electrons. The number of carbonyl (C=O) groups excluding carboxylic acids is 1. The van der Waals surface area contributed by atoms with Crippen LogP contribution in [-0.2, 0) is 0 Å². The average Bonchev–Trinajstić information content (AvgIpc) is 3.04. The van der Waals surface area contributed by atoms with Crippen molar-refractivity contribution in [3.05, 3.63) is 65.2 Å². The van der Waals surface area contributed by atoms with Crippen LogP contribution < -0.4 is 11.1 Å². The van der Waals surface area contributed by atoms with Crippen LogP contribution in [0.1, 0.15) is 55.1 Å². The Morgan fingerprint density at radius 3 is 2.34 bits per heavy atom. The van der Waals surface area contributed by atoms with Crippen molar-refractivity contribution in [1.82, 2.24) is 20.0 Å². The molecule has 0 saturated heterocycles. The average molecular weight is 429 g/mol. The quantitative estimate of drug-likeness (QED) is 0.440. The molecule has 0 bridgehead atoms. The van der Waals surface area contributed by atoms with Crippen molar-refractivity contribution < 1.29 is 4.79 Å². The smallest absolute Gasteiger partial charge is 0.257 e. The van der Waals surface area contributed by atoms with Gasteiger partial charge in [0.2, 0.25) is 0 Å². The molecule has 32 heavy (non-hydrogen) atoms. The van der Waals surface area contributed by atoms with Gasteiger partial charge in [-0.3, -0.25) is 4.79 Å². The lowest BCUT2D eigenvalue weighted by Gasteiger charge is -2.07. The molecule has 164 valence electrons. The minimum Gasteiger partial charge on any atom is -0.383 e. The fourth-order valence-corrected chi connectivity index (χ4v) is 3.46. The molecule has 0 aliphatic carbocycles. The number of hydrogen-bond donors (Lipinski definition) is 2. The number of nitrogens with one attached hydrogen (secondary N) is 1. The Morgan fingerprint density at radius 1 is 1.06 bits per heavy atom. The third kappa shape index (κ3) is 4.19. The molecule has 0 unspecified atom stereocenters. The fourth-order valence-electron chi connectivity index (χ4n) is 3.46. The molecule has 0 aliphatic heterocycles. The van der Waals surface area contributed by atoms with Gasteiger partial charge in [0.1, 0.15) is 16.9 Å². The second-order valence-electron chi connectivity index (χ2n) is 8.63. The van der Waals surface area contributed by atoms with Gasteiger partial charge in [-0.15, -0.1) is 0 Å². The molecule has 4 aromatic rings. The van der Waals surface area contributed by atoms with Crippen LogP contribution in [0.15, 0.2) is 53.6 Å². The number of fused-ring (bicyclic) bond motifs is 2. The van der Waals surface area contributed by atoms with Gasteiger partial charge in [-0.1, -0.05) is 64.1 Å².